The van der Waals surface area contributed by atoms with E-state index >= 15 is 0 Å². The molecule has 3 aromatic rings. The van der Waals surface area contributed by atoms with Gasteiger partial charge in [0.25, 0.3) is 5.22 Å². The van der Waals surface area contributed by atoms with E-state index < -0.39 is 0 Å². The van der Waals surface area contributed by atoms with Crippen LogP contribution in [-0.2, 0) is 9.59 Å². The maximum Gasteiger partial charge on any atom is 0.277 e. The minimum Gasteiger partial charge on any atom is -0.411 e. The molecule has 4 rings (SSSR count). The zero-order chi connectivity index (χ0) is 24.1. The standard InChI is InChI=1S/C24H28N6O3S/c1-24(2,3)22(32)30-14-12-29(13-15-30)19-6-4-18(5-7-19)26-20(31)16-34-23-28-27-21(33-23)17-8-10-25-11-9-17/h4-11H,12-16H2,1-3H3,(H,26,31). The summed E-state index contributed by atoms with van der Waals surface area (Å²) < 4.78 is 5.60. The van der Waals surface area contributed by atoms with Crippen LogP contribution >= 0.6 is 11.8 Å². The fourth-order valence-corrected chi connectivity index (χ4v) is 4.16. The van der Waals surface area contributed by atoms with E-state index in [4.69, 9.17) is 4.42 Å². The molecule has 0 radical (unpaired) electrons. The van der Waals surface area contributed by atoms with Crippen LogP contribution in [0.2, 0.25) is 0 Å². The van der Waals surface area contributed by atoms with Crippen LogP contribution in [0.1, 0.15) is 20.8 Å². The van der Waals surface area contributed by atoms with Crippen LogP contribution in [0.15, 0.2) is 58.4 Å². The van der Waals surface area contributed by atoms with Gasteiger partial charge in [0.1, 0.15) is 0 Å². The highest BCUT2D eigenvalue weighted by Gasteiger charge is 2.29. The maximum absolute atomic E-state index is 12.5. The van der Waals surface area contributed by atoms with Crippen molar-refractivity contribution in [3.05, 3.63) is 48.8 Å². The third-order valence-electron chi connectivity index (χ3n) is 5.39. The molecule has 0 atom stereocenters. The number of nitrogens with zero attached hydrogens (tertiary/aromatic N) is 5. The average molecular weight is 481 g/mol. The molecule has 1 aliphatic heterocycles. The molecule has 1 N–H and O–H groups in total. The van der Waals surface area contributed by atoms with Crippen molar-refractivity contribution in [2.75, 3.05) is 42.1 Å². The summed E-state index contributed by atoms with van der Waals surface area (Å²) in [7, 11) is 0. The first-order valence-electron chi connectivity index (χ1n) is 11.1. The third-order valence-corrected chi connectivity index (χ3v) is 6.20. The van der Waals surface area contributed by atoms with E-state index in [0.717, 1.165) is 30.0 Å². The SMILES string of the molecule is CC(C)(C)C(=O)N1CCN(c2ccc(NC(=O)CSc3nnc(-c4ccncc4)o3)cc2)CC1. The summed E-state index contributed by atoms with van der Waals surface area (Å²) in [6.07, 6.45) is 3.30. The monoisotopic (exact) mass is 480 g/mol. The molecule has 34 heavy (non-hydrogen) atoms. The molecular weight excluding hydrogens is 452 g/mol. The number of piperazine rings is 1. The molecule has 1 aliphatic rings. The van der Waals surface area contributed by atoms with Crippen molar-refractivity contribution in [3.63, 3.8) is 0 Å². The number of anilines is 2. The van der Waals surface area contributed by atoms with E-state index in [9.17, 15) is 9.59 Å². The summed E-state index contributed by atoms with van der Waals surface area (Å²) in [5.41, 5.74) is 2.22. The van der Waals surface area contributed by atoms with Crippen molar-refractivity contribution in [1.29, 1.82) is 0 Å². The molecular formula is C24H28N6O3S. The normalized spacial score (nSPS) is 14.2. The van der Waals surface area contributed by atoms with Gasteiger partial charge in [0.15, 0.2) is 0 Å². The smallest absolute Gasteiger partial charge is 0.277 e. The summed E-state index contributed by atoms with van der Waals surface area (Å²) >= 11 is 1.18. The van der Waals surface area contributed by atoms with E-state index in [0.29, 0.717) is 24.2 Å². The lowest BCUT2D eigenvalue weighted by molar-refractivity contribution is -0.139. The van der Waals surface area contributed by atoms with E-state index in [1.165, 1.54) is 11.8 Å². The minimum atomic E-state index is -0.355. The molecule has 2 amide bonds. The number of benzene rings is 1. The van der Waals surface area contributed by atoms with Crippen molar-refractivity contribution in [1.82, 2.24) is 20.1 Å². The van der Waals surface area contributed by atoms with Gasteiger partial charge in [0.2, 0.25) is 17.7 Å². The Morgan fingerprint density at radius 3 is 2.32 bits per heavy atom. The molecule has 178 valence electrons. The maximum atomic E-state index is 12.5. The van der Waals surface area contributed by atoms with Crippen molar-refractivity contribution in [2.24, 2.45) is 5.41 Å². The molecule has 3 heterocycles. The van der Waals surface area contributed by atoms with Gasteiger partial charge in [-0.05, 0) is 36.4 Å². The Morgan fingerprint density at radius 1 is 1.00 bits per heavy atom. The van der Waals surface area contributed by atoms with Crippen LogP contribution in [0.3, 0.4) is 0 Å². The van der Waals surface area contributed by atoms with Gasteiger partial charge in [-0.25, -0.2) is 0 Å². The number of pyridine rings is 1. The van der Waals surface area contributed by atoms with E-state index in [2.05, 4.69) is 25.4 Å². The van der Waals surface area contributed by atoms with Gasteiger partial charge in [-0.15, -0.1) is 10.2 Å². The first-order valence-corrected chi connectivity index (χ1v) is 12.1. The van der Waals surface area contributed by atoms with Gasteiger partial charge >= 0.3 is 0 Å². The second-order valence-electron chi connectivity index (χ2n) is 9.02. The van der Waals surface area contributed by atoms with Crippen molar-refractivity contribution in [3.8, 4) is 11.5 Å². The summed E-state index contributed by atoms with van der Waals surface area (Å²) in [6, 6.07) is 11.3. The number of thioether (sulfide) groups is 1. The summed E-state index contributed by atoms with van der Waals surface area (Å²) in [5, 5.41) is 11.2. The molecule has 0 aliphatic carbocycles. The van der Waals surface area contributed by atoms with E-state index in [1.54, 1.807) is 24.5 Å². The Bertz CT molecular complexity index is 1120. The molecule has 0 bridgehead atoms. The molecule has 9 nitrogen and oxygen atoms in total. The number of amides is 2. The lowest BCUT2D eigenvalue weighted by Gasteiger charge is -2.38. The molecule has 1 aromatic carbocycles. The van der Waals surface area contributed by atoms with Crippen molar-refractivity contribution >= 4 is 35.0 Å². The van der Waals surface area contributed by atoms with E-state index in [1.807, 2.05) is 49.9 Å². The topological polar surface area (TPSA) is 104 Å². The Morgan fingerprint density at radius 2 is 1.68 bits per heavy atom. The number of carbonyl (C=O) groups is 2. The number of hydrogen-bond acceptors (Lipinski definition) is 8. The number of carbonyl (C=O) groups excluding carboxylic acids is 2. The molecule has 0 spiro atoms. The first kappa shape index (κ1) is 23.7. The van der Waals surface area contributed by atoms with Crippen LogP contribution in [-0.4, -0.2) is 63.8 Å². The highest BCUT2D eigenvalue weighted by Crippen LogP contribution is 2.24. The Kier molecular flexibility index (Phi) is 7.16. The number of hydrogen-bond donors (Lipinski definition) is 1. The van der Waals surface area contributed by atoms with Crippen LogP contribution in [0.5, 0.6) is 0 Å². The van der Waals surface area contributed by atoms with Gasteiger partial charge in [-0.1, -0.05) is 32.5 Å². The molecule has 1 saturated heterocycles. The largest absolute Gasteiger partial charge is 0.411 e. The van der Waals surface area contributed by atoms with Crippen LogP contribution in [0, 0.1) is 5.41 Å². The second-order valence-corrected chi connectivity index (χ2v) is 9.95. The summed E-state index contributed by atoms with van der Waals surface area (Å²) in [5.74, 6) is 0.584. The molecule has 0 saturated carbocycles. The van der Waals surface area contributed by atoms with Crippen LogP contribution in [0.25, 0.3) is 11.5 Å². The van der Waals surface area contributed by atoms with Gasteiger partial charge in [-0.2, -0.15) is 0 Å². The molecule has 1 fully saturated rings. The quantitative estimate of drug-likeness (QED) is 0.534. The van der Waals surface area contributed by atoms with Gasteiger partial charge in [-0.3, -0.25) is 14.6 Å². The number of nitrogens with one attached hydrogen (secondary N) is 1. The summed E-state index contributed by atoms with van der Waals surface area (Å²) in [4.78, 5) is 33.0. The van der Waals surface area contributed by atoms with Gasteiger partial charge in [0.05, 0.1) is 5.75 Å². The van der Waals surface area contributed by atoms with Crippen molar-refractivity contribution in [2.45, 2.75) is 26.0 Å². The first-order chi connectivity index (χ1) is 16.3. The van der Waals surface area contributed by atoms with Crippen LogP contribution in [0.4, 0.5) is 11.4 Å². The Balaban J connectivity index is 1.24. The fraction of sp³-hybridized carbons (Fsp3) is 0.375. The third kappa shape index (κ3) is 5.93. The minimum absolute atomic E-state index is 0.156. The summed E-state index contributed by atoms with van der Waals surface area (Å²) in [6.45, 7) is 8.86. The predicted molar refractivity (Wildman–Crippen MR) is 132 cm³/mol. The Hall–Kier alpha value is -3.40. The molecule has 2 aromatic heterocycles. The fourth-order valence-electron chi connectivity index (χ4n) is 3.60. The second kappa shape index (κ2) is 10.3. The Labute approximate surface area is 202 Å². The lowest BCUT2D eigenvalue weighted by Crippen LogP contribution is -2.51. The predicted octanol–water partition coefficient (Wildman–Crippen LogP) is 3.56. The average Bonchev–Trinajstić information content (AvgIpc) is 3.32. The highest BCUT2D eigenvalue weighted by atomic mass is 32.2. The highest BCUT2D eigenvalue weighted by molar-refractivity contribution is 7.99. The van der Waals surface area contributed by atoms with E-state index in [-0.39, 0.29) is 23.0 Å². The van der Waals surface area contributed by atoms with Gasteiger partial charge in [0, 0.05) is 60.9 Å². The van der Waals surface area contributed by atoms with Crippen molar-refractivity contribution < 1.29 is 14.0 Å². The number of rotatable bonds is 6. The molecule has 0 unspecified atom stereocenters. The van der Waals surface area contributed by atoms with Crippen LogP contribution < -0.4 is 10.2 Å². The van der Waals surface area contributed by atoms with Gasteiger partial charge < -0.3 is 19.5 Å². The zero-order valence-corrected chi connectivity index (χ0v) is 20.3. The number of aromatic nitrogens is 3. The lowest BCUT2D eigenvalue weighted by atomic mass is 9.94. The molecule has 10 heteroatoms. The zero-order valence-electron chi connectivity index (χ0n) is 19.5.